The molecule has 0 bridgehead atoms. The van der Waals surface area contributed by atoms with Crippen LogP contribution in [0.5, 0.6) is 0 Å². The summed E-state index contributed by atoms with van der Waals surface area (Å²) in [4.78, 5) is 3.12. The number of rotatable bonds is 1. The van der Waals surface area contributed by atoms with E-state index in [1.807, 2.05) is 22.8 Å². The third-order valence-electron chi connectivity index (χ3n) is 3.25. The van der Waals surface area contributed by atoms with E-state index in [9.17, 15) is 8.42 Å². The molecule has 0 spiro atoms. The molecule has 0 saturated carbocycles. The quantitative estimate of drug-likeness (QED) is 0.807. The van der Waals surface area contributed by atoms with Gasteiger partial charge in [0.1, 0.15) is 0 Å². The van der Waals surface area contributed by atoms with Crippen molar-refractivity contribution in [3.8, 4) is 0 Å². The van der Waals surface area contributed by atoms with Crippen LogP contribution in [0.15, 0.2) is 22.7 Å². The van der Waals surface area contributed by atoms with Gasteiger partial charge in [-0.3, -0.25) is 0 Å². The number of fused-ring (bicyclic) bond motifs is 1. The Morgan fingerprint density at radius 2 is 2.22 bits per heavy atom. The number of H-pyrrole nitrogens is 1. The van der Waals surface area contributed by atoms with E-state index >= 15 is 0 Å². The topological polar surface area (TPSA) is 54.9 Å². The highest BCUT2D eigenvalue weighted by atomic mass is 79.9. The summed E-state index contributed by atoms with van der Waals surface area (Å²) in [7, 11) is -2.91. The van der Waals surface area contributed by atoms with Gasteiger partial charge in [-0.1, -0.05) is 15.9 Å². The van der Waals surface area contributed by atoms with Crippen molar-refractivity contribution in [3.05, 3.63) is 27.4 Å². The van der Waals surface area contributed by atoms with Gasteiger partial charge in [-0.15, -0.1) is 0 Å². The van der Waals surface area contributed by atoms with Gasteiger partial charge in [0.2, 0.25) is 0 Å². The fourth-order valence-corrected chi connectivity index (χ4v) is 4.84. The van der Waals surface area contributed by atoms with Crippen molar-refractivity contribution in [2.24, 2.45) is 0 Å². The van der Waals surface area contributed by atoms with E-state index in [0.29, 0.717) is 11.2 Å². The van der Waals surface area contributed by atoms with Crippen molar-refractivity contribution < 1.29 is 8.42 Å². The molecule has 1 N–H and O–H groups in total. The normalized spacial score (nSPS) is 22.6. The number of sulfone groups is 1. The van der Waals surface area contributed by atoms with Crippen LogP contribution >= 0.6 is 28.1 Å². The molecule has 7 heteroatoms. The standard InChI is InChI=1S/C11H11BrN2O2S2/c12-7-1-2-9-10(5-7)14(11(17)13-9)8-3-4-18(15,16)6-8/h1-2,5,8H,3-4,6H2,(H,13,17). The second-order valence-electron chi connectivity index (χ2n) is 4.52. The number of nitrogens with one attached hydrogen (secondary N) is 1. The summed E-state index contributed by atoms with van der Waals surface area (Å²) in [6.45, 7) is 0. The number of imidazole rings is 1. The van der Waals surface area contributed by atoms with E-state index in [4.69, 9.17) is 12.2 Å². The predicted octanol–water partition coefficient (Wildman–Crippen LogP) is 2.82. The average Bonchev–Trinajstić information content (AvgIpc) is 2.77. The van der Waals surface area contributed by atoms with Gasteiger partial charge in [0.15, 0.2) is 14.6 Å². The van der Waals surface area contributed by atoms with Crippen molar-refractivity contribution >= 4 is 49.0 Å². The van der Waals surface area contributed by atoms with Crippen molar-refractivity contribution in [2.45, 2.75) is 12.5 Å². The second kappa shape index (κ2) is 4.18. The molecule has 0 amide bonds. The van der Waals surface area contributed by atoms with E-state index in [-0.39, 0.29) is 17.5 Å². The molecule has 1 aliphatic rings. The number of aromatic nitrogens is 2. The minimum absolute atomic E-state index is 0.0504. The van der Waals surface area contributed by atoms with Gasteiger partial charge in [0.25, 0.3) is 0 Å². The summed E-state index contributed by atoms with van der Waals surface area (Å²) >= 11 is 8.73. The van der Waals surface area contributed by atoms with E-state index in [0.717, 1.165) is 15.5 Å². The van der Waals surface area contributed by atoms with Crippen molar-refractivity contribution in [2.75, 3.05) is 11.5 Å². The van der Waals surface area contributed by atoms with Crippen LogP contribution in [0.2, 0.25) is 0 Å². The van der Waals surface area contributed by atoms with E-state index in [2.05, 4.69) is 20.9 Å². The molecule has 1 aromatic heterocycles. The van der Waals surface area contributed by atoms with Crippen LogP contribution in [0.4, 0.5) is 0 Å². The summed E-state index contributed by atoms with van der Waals surface area (Å²) in [6.07, 6.45) is 0.635. The maximum Gasteiger partial charge on any atom is 0.178 e. The van der Waals surface area contributed by atoms with Crippen LogP contribution < -0.4 is 0 Å². The molecule has 2 heterocycles. The summed E-state index contributed by atoms with van der Waals surface area (Å²) in [5.41, 5.74) is 1.89. The van der Waals surface area contributed by atoms with E-state index in [1.54, 1.807) is 0 Å². The van der Waals surface area contributed by atoms with Crippen LogP contribution in [0.3, 0.4) is 0 Å². The van der Waals surface area contributed by atoms with Gasteiger partial charge in [-0.05, 0) is 36.8 Å². The summed E-state index contributed by atoms with van der Waals surface area (Å²) < 4.78 is 26.6. The Labute approximate surface area is 118 Å². The lowest BCUT2D eigenvalue weighted by Gasteiger charge is -2.11. The summed E-state index contributed by atoms with van der Waals surface area (Å²) in [5, 5.41) is 0. The SMILES string of the molecule is O=S1(=O)CCC(n2c(=S)[nH]c3ccc(Br)cc32)C1. The molecule has 18 heavy (non-hydrogen) atoms. The lowest BCUT2D eigenvalue weighted by Crippen LogP contribution is -2.10. The lowest BCUT2D eigenvalue weighted by molar-refractivity contribution is 0.563. The monoisotopic (exact) mass is 346 g/mol. The minimum Gasteiger partial charge on any atom is -0.331 e. The van der Waals surface area contributed by atoms with Crippen LogP contribution in [-0.2, 0) is 9.84 Å². The molecule has 1 unspecified atom stereocenters. The fraction of sp³-hybridized carbons (Fsp3) is 0.364. The first-order valence-corrected chi connectivity index (χ1v) is 8.59. The molecule has 1 aromatic carbocycles. The van der Waals surface area contributed by atoms with Gasteiger partial charge < -0.3 is 9.55 Å². The lowest BCUT2D eigenvalue weighted by atomic mass is 10.2. The molecule has 0 aliphatic carbocycles. The number of benzene rings is 1. The van der Waals surface area contributed by atoms with Gasteiger partial charge in [-0.25, -0.2) is 8.42 Å². The van der Waals surface area contributed by atoms with Gasteiger partial charge in [0.05, 0.1) is 28.6 Å². The number of nitrogens with zero attached hydrogens (tertiary/aromatic N) is 1. The highest BCUT2D eigenvalue weighted by molar-refractivity contribution is 9.10. The van der Waals surface area contributed by atoms with Crippen molar-refractivity contribution in [1.29, 1.82) is 0 Å². The third-order valence-corrected chi connectivity index (χ3v) is 5.80. The third kappa shape index (κ3) is 2.04. The van der Waals surface area contributed by atoms with Crippen LogP contribution in [-0.4, -0.2) is 29.5 Å². The Balaban J connectivity index is 2.20. The second-order valence-corrected chi connectivity index (χ2v) is 8.05. The first-order valence-electron chi connectivity index (χ1n) is 5.56. The van der Waals surface area contributed by atoms with Gasteiger partial charge >= 0.3 is 0 Å². The molecule has 0 radical (unpaired) electrons. The van der Waals surface area contributed by atoms with Gasteiger partial charge in [-0.2, -0.15) is 0 Å². The van der Waals surface area contributed by atoms with E-state index < -0.39 is 9.84 Å². The first-order chi connectivity index (χ1) is 8.46. The zero-order chi connectivity index (χ0) is 12.9. The minimum atomic E-state index is -2.91. The van der Waals surface area contributed by atoms with E-state index in [1.165, 1.54) is 0 Å². The van der Waals surface area contributed by atoms with Crippen molar-refractivity contribution in [3.63, 3.8) is 0 Å². The molecule has 3 rings (SSSR count). The first kappa shape index (κ1) is 12.4. The zero-order valence-electron chi connectivity index (χ0n) is 9.39. The van der Waals surface area contributed by atoms with Crippen molar-refractivity contribution in [1.82, 2.24) is 9.55 Å². The molecular formula is C11H11BrN2O2S2. The molecule has 1 atom stereocenters. The maximum absolute atomic E-state index is 11.6. The van der Waals surface area contributed by atoms with Crippen LogP contribution in [0, 0.1) is 4.77 Å². The Hall–Kier alpha value is -0.660. The Kier molecular flexibility index (Phi) is 2.87. The van der Waals surface area contributed by atoms with Crippen LogP contribution in [0.25, 0.3) is 11.0 Å². The average molecular weight is 347 g/mol. The Morgan fingerprint density at radius 3 is 2.89 bits per heavy atom. The molecule has 96 valence electrons. The predicted molar refractivity (Wildman–Crippen MR) is 77.1 cm³/mol. The molecule has 1 fully saturated rings. The molecule has 2 aromatic rings. The van der Waals surface area contributed by atoms with Crippen LogP contribution in [0.1, 0.15) is 12.5 Å². The largest absolute Gasteiger partial charge is 0.331 e. The Bertz CT molecular complexity index is 776. The highest BCUT2D eigenvalue weighted by Gasteiger charge is 2.30. The number of halogens is 1. The molecular weight excluding hydrogens is 336 g/mol. The smallest absolute Gasteiger partial charge is 0.178 e. The fourth-order valence-electron chi connectivity index (χ4n) is 2.44. The number of aromatic amines is 1. The number of hydrogen-bond donors (Lipinski definition) is 1. The maximum atomic E-state index is 11.6. The summed E-state index contributed by atoms with van der Waals surface area (Å²) in [6, 6.07) is 5.79. The van der Waals surface area contributed by atoms with Gasteiger partial charge in [0, 0.05) is 4.47 Å². The molecule has 1 aliphatic heterocycles. The molecule has 1 saturated heterocycles. The number of hydrogen-bond acceptors (Lipinski definition) is 3. The Morgan fingerprint density at radius 1 is 1.44 bits per heavy atom. The molecule has 4 nitrogen and oxygen atoms in total. The highest BCUT2D eigenvalue weighted by Crippen LogP contribution is 2.29. The summed E-state index contributed by atoms with van der Waals surface area (Å²) in [5.74, 6) is 0.431. The zero-order valence-corrected chi connectivity index (χ0v) is 12.6.